The molecule has 0 aliphatic carbocycles. The molecule has 0 radical (unpaired) electrons. The summed E-state index contributed by atoms with van der Waals surface area (Å²) < 4.78 is 18.7. The van der Waals surface area contributed by atoms with Gasteiger partial charge in [-0.3, -0.25) is 4.79 Å². The Kier molecular flexibility index (Phi) is 3.94. The lowest BCUT2D eigenvalue weighted by atomic mass is 10.0. The third-order valence-electron chi connectivity index (χ3n) is 5.07. The summed E-state index contributed by atoms with van der Waals surface area (Å²) in [5.41, 5.74) is 3.68. The Balaban J connectivity index is 1.46. The van der Waals surface area contributed by atoms with Gasteiger partial charge in [0.1, 0.15) is 11.5 Å². The number of nitrogens with one attached hydrogen (secondary N) is 1. The van der Waals surface area contributed by atoms with E-state index in [9.17, 15) is 9.18 Å². The van der Waals surface area contributed by atoms with E-state index < -0.39 is 0 Å². The van der Waals surface area contributed by atoms with Crippen LogP contribution in [0.25, 0.3) is 22.2 Å². The van der Waals surface area contributed by atoms with E-state index in [1.165, 1.54) is 12.1 Å². The van der Waals surface area contributed by atoms with Crippen LogP contribution < -0.4 is 0 Å². The fraction of sp³-hybridized carbons (Fsp3) is 0.143. The first-order valence-corrected chi connectivity index (χ1v) is 9.28. The third kappa shape index (κ3) is 2.77. The predicted molar refractivity (Wildman–Crippen MR) is 104 cm³/mol. The second kappa shape index (κ2) is 6.49. The number of aromatic amines is 1. The molecule has 1 aliphatic rings. The molecule has 0 fully saturated rings. The van der Waals surface area contributed by atoms with Gasteiger partial charge < -0.3 is 14.4 Å². The molecule has 1 amide bonds. The van der Waals surface area contributed by atoms with Gasteiger partial charge in [0, 0.05) is 29.5 Å². The van der Waals surface area contributed by atoms with Crippen LogP contribution in [0.4, 0.5) is 4.39 Å². The molecule has 5 nitrogen and oxygen atoms in total. The lowest BCUT2D eigenvalue weighted by molar-refractivity contribution is 0.0729. The molecule has 0 atom stereocenters. The van der Waals surface area contributed by atoms with E-state index in [1.54, 1.807) is 23.1 Å². The Morgan fingerprint density at radius 2 is 2.04 bits per heavy atom. The summed E-state index contributed by atoms with van der Waals surface area (Å²) in [5, 5.41) is 5.61. The SMILES string of the molecule is O=C(c1cc2cccc(Cl)c2[nH]1)N1CCc2noc(-c3ccc(F)cc3)c2C1. The highest BCUT2D eigenvalue weighted by molar-refractivity contribution is 6.35. The van der Waals surface area contributed by atoms with Gasteiger partial charge in [-0.15, -0.1) is 0 Å². The zero-order valence-corrected chi connectivity index (χ0v) is 15.5. The molecule has 5 rings (SSSR count). The lowest BCUT2D eigenvalue weighted by Crippen LogP contribution is -2.36. The van der Waals surface area contributed by atoms with E-state index in [0.29, 0.717) is 36.0 Å². The van der Waals surface area contributed by atoms with Crippen LogP contribution in [0.2, 0.25) is 5.02 Å². The largest absolute Gasteiger partial charge is 0.356 e. The summed E-state index contributed by atoms with van der Waals surface area (Å²) in [4.78, 5) is 17.9. The molecule has 1 N–H and O–H groups in total. The number of aromatic nitrogens is 2. The standard InChI is InChI=1S/C21H15ClFN3O2/c22-16-3-1-2-13-10-18(24-19(13)16)21(27)26-9-8-17-15(11-26)20(28-25-17)12-4-6-14(23)7-5-12/h1-7,10,24H,8-9,11H2. The molecular formula is C21H15ClFN3O2. The van der Waals surface area contributed by atoms with E-state index in [2.05, 4.69) is 10.1 Å². The van der Waals surface area contributed by atoms with Crippen LogP contribution in [0.15, 0.2) is 53.1 Å². The topological polar surface area (TPSA) is 62.1 Å². The lowest BCUT2D eigenvalue weighted by Gasteiger charge is -2.26. The van der Waals surface area contributed by atoms with E-state index in [1.807, 2.05) is 18.2 Å². The molecule has 2 aromatic carbocycles. The molecule has 140 valence electrons. The Morgan fingerprint density at radius 1 is 1.21 bits per heavy atom. The Hall–Kier alpha value is -3.12. The van der Waals surface area contributed by atoms with Gasteiger partial charge in [0.25, 0.3) is 5.91 Å². The quantitative estimate of drug-likeness (QED) is 0.529. The molecule has 0 unspecified atom stereocenters. The van der Waals surface area contributed by atoms with Crippen LogP contribution in [0.3, 0.4) is 0 Å². The number of fused-ring (bicyclic) bond motifs is 2. The number of hydrogen-bond acceptors (Lipinski definition) is 3. The average Bonchev–Trinajstić information content (AvgIpc) is 3.33. The number of para-hydroxylation sites is 1. The number of nitrogens with zero attached hydrogens (tertiary/aromatic N) is 2. The molecular weight excluding hydrogens is 381 g/mol. The zero-order chi connectivity index (χ0) is 19.3. The van der Waals surface area contributed by atoms with E-state index in [4.69, 9.17) is 16.1 Å². The minimum Gasteiger partial charge on any atom is -0.356 e. The minimum absolute atomic E-state index is 0.107. The molecule has 1 aliphatic heterocycles. The number of halogens is 2. The molecule has 3 heterocycles. The second-order valence-electron chi connectivity index (χ2n) is 6.81. The van der Waals surface area contributed by atoms with E-state index in [0.717, 1.165) is 27.7 Å². The van der Waals surface area contributed by atoms with Gasteiger partial charge in [-0.2, -0.15) is 0 Å². The highest BCUT2D eigenvalue weighted by Gasteiger charge is 2.28. The van der Waals surface area contributed by atoms with Gasteiger partial charge in [0.2, 0.25) is 0 Å². The molecule has 28 heavy (non-hydrogen) atoms. The van der Waals surface area contributed by atoms with Crippen molar-refractivity contribution in [3.8, 4) is 11.3 Å². The normalized spacial score (nSPS) is 13.7. The van der Waals surface area contributed by atoms with Crippen LogP contribution in [0, 0.1) is 5.82 Å². The van der Waals surface area contributed by atoms with Gasteiger partial charge >= 0.3 is 0 Å². The molecule has 0 saturated carbocycles. The first-order valence-electron chi connectivity index (χ1n) is 8.90. The summed E-state index contributed by atoms with van der Waals surface area (Å²) in [5.74, 6) is 0.155. The van der Waals surface area contributed by atoms with Crippen LogP contribution in [0.5, 0.6) is 0 Å². The van der Waals surface area contributed by atoms with Gasteiger partial charge in [0.05, 0.1) is 22.8 Å². The maximum absolute atomic E-state index is 13.2. The number of H-pyrrole nitrogens is 1. The van der Waals surface area contributed by atoms with Crippen molar-refractivity contribution in [1.82, 2.24) is 15.0 Å². The van der Waals surface area contributed by atoms with Crippen molar-refractivity contribution in [2.24, 2.45) is 0 Å². The van der Waals surface area contributed by atoms with Crippen molar-refractivity contribution in [3.63, 3.8) is 0 Å². The van der Waals surface area contributed by atoms with Crippen molar-refractivity contribution < 1.29 is 13.7 Å². The predicted octanol–water partition coefficient (Wildman–Crippen LogP) is 4.81. The van der Waals surface area contributed by atoms with Crippen molar-refractivity contribution in [3.05, 3.63) is 76.3 Å². The highest BCUT2D eigenvalue weighted by atomic mass is 35.5. The van der Waals surface area contributed by atoms with Crippen molar-refractivity contribution in [1.29, 1.82) is 0 Å². The zero-order valence-electron chi connectivity index (χ0n) is 14.7. The molecule has 7 heteroatoms. The van der Waals surface area contributed by atoms with Crippen molar-refractivity contribution in [2.45, 2.75) is 13.0 Å². The maximum Gasteiger partial charge on any atom is 0.270 e. The summed E-state index contributed by atoms with van der Waals surface area (Å²) in [6.45, 7) is 0.928. The average molecular weight is 396 g/mol. The van der Waals surface area contributed by atoms with Crippen LogP contribution in [0.1, 0.15) is 21.7 Å². The summed E-state index contributed by atoms with van der Waals surface area (Å²) >= 11 is 6.21. The molecule has 2 aromatic heterocycles. The number of hydrogen-bond donors (Lipinski definition) is 1. The number of amides is 1. The highest BCUT2D eigenvalue weighted by Crippen LogP contribution is 2.31. The van der Waals surface area contributed by atoms with Gasteiger partial charge in [-0.1, -0.05) is 28.9 Å². The second-order valence-corrected chi connectivity index (χ2v) is 7.21. The van der Waals surface area contributed by atoms with Crippen LogP contribution >= 0.6 is 11.6 Å². The molecule has 4 aromatic rings. The fourth-order valence-electron chi connectivity index (χ4n) is 3.62. The number of carbonyl (C=O) groups excluding carboxylic acids is 1. The van der Waals surface area contributed by atoms with Gasteiger partial charge in [-0.25, -0.2) is 4.39 Å². The number of carbonyl (C=O) groups is 1. The Labute approximate surface area is 164 Å². The smallest absolute Gasteiger partial charge is 0.270 e. The fourth-order valence-corrected chi connectivity index (χ4v) is 3.85. The van der Waals surface area contributed by atoms with Crippen molar-refractivity contribution >= 4 is 28.4 Å². The first kappa shape index (κ1) is 17.0. The number of benzene rings is 2. The summed E-state index contributed by atoms with van der Waals surface area (Å²) in [7, 11) is 0. The Morgan fingerprint density at radius 3 is 2.82 bits per heavy atom. The van der Waals surface area contributed by atoms with E-state index in [-0.39, 0.29) is 11.7 Å². The summed E-state index contributed by atoms with van der Waals surface area (Å²) in [6.07, 6.45) is 0.604. The third-order valence-corrected chi connectivity index (χ3v) is 5.38. The van der Waals surface area contributed by atoms with Crippen molar-refractivity contribution in [2.75, 3.05) is 6.54 Å². The van der Waals surface area contributed by atoms with Gasteiger partial charge in [0.15, 0.2) is 5.76 Å². The maximum atomic E-state index is 13.2. The number of rotatable bonds is 2. The summed E-state index contributed by atoms with van der Waals surface area (Å²) in [6, 6.07) is 13.4. The first-order chi connectivity index (χ1) is 13.6. The monoisotopic (exact) mass is 395 g/mol. The van der Waals surface area contributed by atoms with E-state index >= 15 is 0 Å². The molecule has 0 bridgehead atoms. The minimum atomic E-state index is -0.314. The van der Waals surface area contributed by atoms with Gasteiger partial charge in [-0.05, 0) is 36.4 Å². The molecule has 0 saturated heterocycles. The van der Waals surface area contributed by atoms with Crippen LogP contribution in [-0.4, -0.2) is 27.5 Å². The Bertz CT molecular complexity index is 1200. The van der Waals surface area contributed by atoms with Crippen LogP contribution in [-0.2, 0) is 13.0 Å². The molecule has 0 spiro atoms.